The summed E-state index contributed by atoms with van der Waals surface area (Å²) >= 11 is 0. The van der Waals surface area contributed by atoms with Crippen LogP contribution in [-0.2, 0) is 19.6 Å². The quantitative estimate of drug-likeness (QED) is 0.560. The van der Waals surface area contributed by atoms with E-state index in [2.05, 4.69) is 16.1 Å². The third-order valence-corrected chi connectivity index (χ3v) is 6.88. The summed E-state index contributed by atoms with van der Waals surface area (Å²) in [6.45, 7) is 4.94. The summed E-state index contributed by atoms with van der Waals surface area (Å²) in [6, 6.07) is 7.86. The number of hydrogen-bond acceptors (Lipinski definition) is 6. The van der Waals surface area contributed by atoms with Gasteiger partial charge in [-0.25, -0.2) is 13.1 Å². The molecule has 8 heteroatoms. The molecule has 0 amide bonds. The molecule has 174 valence electrons. The van der Waals surface area contributed by atoms with Gasteiger partial charge in [0.05, 0.1) is 19.0 Å². The molecule has 1 aromatic rings. The summed E-state index contributed by atoms with van der Waals surface area (Å²) < 4.78 is 38.2. The third kappa shape index (κ3) is 7.27. The number of carbonyl (C=O) groups is 1. The normalized spacial score (nSPS) is 27.6. The Kier molecular flexibility index (Phi) is 8.13. The molecule has 3 rings (SSSR count). The van der Waals surface area contributed by atoms with Gasteiger partial charge in [0.25, 0.3) is 0 Å². The minimum Gasteiger partial charge on any atom is -0.480 e. The summed E-state index contributed by atoms with van der Waals surface area (Å²) in [4.78, 5) is 11.3. The summed E-state index contributed by atoms with van der Waals surface area (Å²) in [6.07, 6.45) is 7.90. The SMILES string of the molecule is CC(C)(C=O)Oc1ccccc1[C@H]1CC[C@@H](OC[C@@H]2NCCC[C@@H]2NS(C)(=O)=O)CC1. The molecule has 1 heterocycles. The highest BCUT2D eigenvalue weighted by Crippen LogP contribution is 2.39. The topological polar surface area (TPSA) is 93.7 Å². The zero-order valence-corrected chi connectivity index (χ0v) is 19.6. The van der Waals surface area contributed by atoms with Crippen LogP contribution in [0.2, 0.25) is 0 Å². The molecule has 1 aliphatic carbocycles. The van der Waals surface area contributed by atoms with Gasteiger partial charge < -0.3 is 14.8 Å². The van der Waals surface area contributed by atoms with E-state index in [0.29, 0.717) is 12.5 Å². The number of nitrogens with one attached hydrogen (secondary N) is 2. The van der Waals surface area contributed by atoms with Gasteiger partial charge in [0, 0.05) is 12.1 Å². The van der Waals surface area contributed by atoms with Crippen LogP contribution in [0.4, 0.5) is 0 Å². The molecule has 1 saturated carbocycles. The predicted molar refractivity (Wildman–Crippen MR) is 121 cm³/mol. The lowest BCUT2D eigenvalue weighted by Crippen LogP contribution is -2.55. The van der Waals surface area contributed by atoms with Crippen molar-refractivity contribution in [3.8, 4) is 5.75 Å². The van der Waals surface area contributed by atoms with Gasteiger partial charge in [-0.3, -0.25) is 4.79 Å². The van der Waals surface area contributed by atoms with Crippen molar-refractivity contribution in [1.82, 2.24) is 10.0 Å². The highest BCUT2D eigenvalue weighted by Gasteiger charge is 2.30. The van der Waals surface area contributed by atoms with Crippen LogP contribution in [0.25, 0.3) is 0 Å². The highest BCUT2D eigenvalue weighted by molar-refractivity contribution is 7.88. The van der Waals surface area contributed by atoms with E-state index in [0.717, 1.165) is 62.7 Å². The fraction of sp³-hybridized carbons (Fsp3) is 0.696. The standard InChI is InChI=1S/C23H36N2O5S/c1-23(2,16-26)30-22-9-5-4-7-19(22)17-10-12-18(13-11-17)29-15-21-20(8-6-14-24-21)25-31(3,27)28/h4-5,7,9,16-18,20-21,24-25H,6,8,10-15H2,1-3H3/t17-,18+,20-,21-/m0/s1. The first kappa shape index (κ1) is 24.2. The van der Waals surface area contributed by atoms with Crippen molar-refractivity contribution in [3.63, 3.8) is 0 Å². The van der Waals surface area contributed by atoms with E-state index < -0.39 is 15.6 Å². The second-order valence-electron chi connectivity index (χ2n) is 9.37. The van der Waals surface area contributed by atoms with E-state index >= 15 is 0 Å². The van der Waals surface area contributed by atoms with E-state index in [1.54, 1.807) is 13.8 Å². The maximum Gasteiger partial charge on any atom is 0.209 e. The maximum absolute atomic E-state index is 11.6. The Hall–Kier alpha value is -1.48. The Morgan fingerprint density at radius 3 is 2.55 bits per heavy atom. The molecule has 0 radical (unpaired) electrons. The second-order valence-corrected chi connectivity index (χ2v) is 11.1. The zero-order chi connectivity index (χ0) is 22.5. The number of benzene rings is 1. The molecule has 1 saturated heterocycles. The van der Waals surface area contributed by atoms with Gasteiger partial charge in [0.15, 0.2) is 11.9 Å². The van der Waals surface area contributed by atoms with Crippen LogP contribution in [-0.4, -0.2) is 57.9 Å². The number of hydrogen-bond donors (Lipinski definition) is 2. The van der Waals surface area contributed by atoms with Gasteiger partial charge in [-0.05, 0) is 76.5 Å². The Balaban J connectivity index is 1.53. The lowest BCUT2D eigenvalue weighted by molar-refractivity contribution is -0.119. The molecule has 31 heavy (non-hydrogen) atoms. The fourth-order valence-electron chi connectivity index (χ4n) is 4.54. The summed E-state index contributed by atoms with van der Waals surface area (Å²) in [5, 5.41) is 3.40. The number of piperidine rings is 1. The monoisotopic (exact) mass is 452 g/mol. The van der Waals surface area contributed by atoms with Crippen LogP contribution >= 0.6 is 0 Å². The molecule has 2 aliphatic rings. The third-order valence-electron chi connectivity index (χ3n) is 6.15. The van der Waals surface area contributed by atoms with Gasteiger partial charge in [0.1, 0.15) is 5.75 Å². The number of aldehydes is 1. The molecule has 1 aliphatic heterocycles. The van der Waals surface area contributed by atoms with E-state index in [1.165, 1.54) is 6.26 Å². The molecular formula is C23H36N2O5S. The van der Waals surface area contributed by atoms with Gasteiger partial charge in [-0.2, -0.15) is 0 Å². The first-order valence-electron chi connectivity index (χ1n) is 11.2. The Morgan fingerprint density at radius 2 is 1.87 bits per heavy atom. The van der Waals surface area contributed by atoms with Crippen LogP contribution in [0, 0.1) is 0 Å². The summed E-state index contributed by atoms with van der Waals surface area (Å²) in [7, 11) is -3.24. The largest absolute Gasteiger partial charge is 0.480 e. The lowest BCUT2D eigenvalue weighted by Gasteiger charge is -2.35. The molecule has 0 bridgehead atoms. The Morgan fingerprint density at radius 1 is 1.16 bits per heavy atom. The van der Waals surface area contributed by atoms with Crippen molar-refractivity contribution in [3.05, 3.63) is 29.8 Å². The van der Waals surface area contributed by atoms with Gasteiger partial charge >= 0.3 is 0 Å². The smallest absolute Gasteiger partial charge is 0.209 e. The summed E-state index contributed by atoms with van der Waals surface area (Å²) in [5.74, 6) is 1.16. The van der Waals surface area contributed by atoms with Crippen LogP contribution in [0.15, 0.2) is 24.3 Å². The molecule has 1 aromatic carbocycles. The number of sulfonamides is 1. The highest BCUT2D eigenvalue weighted by atomic mass is 32.2. The predicted octanol–water partition coefficient (Wildman–Crippen LogP) is 2.76. The van der Waals surface area contributed by atoms with Crippen molar-refractivity contribution >= 4 is 16.3 Å². The molecule has 2 N–H and O–H groups in total. The van der Waals surface area contributed by atoms with Crippen molar-refractivity contribution in [2.45, 2.75) is 82.1 Å². The van der Waals surface area contributed by atoms with Gasteiger partial charge in [0.2, 0.25) is 10.0 Å². The molecular weight excluding hydrogens is 416 g/mol. The summed E-state index contributed by atoms with van der Waals surface area (Å²) in [5.41, 5.74) is 0.308. The molecule has 7 nitrogen and oxygen atoms in total. The van der Waals surface area contributed by atoms with Crippen LogP contribution < -0.4 is 14.8 Å². The number of rotatable bonds is 9. The molecule has 0 unspecified atom stereocenters. The molecule has 0 aromatic heterocycles. The first-order chi connectivity index (χ1) is 14.7. The molecule has 2 fully saturated rings. The van der Waals surface area contributed by atoms with Crippen LogP contribution in [0.5, 0.6) is 5.75 Å². The first-order valence-corrected chi connectivity index (χ1v) is 13.1. The minimum atomic E-state index is -3.24. The molecule has 2 atom stereocenters. The Labute approximate surface area is 186 Å². The van der Waals surface area contributed by atoms with Crippen molar-refractivity contribution in [2.24, 2.45) is 0 Å². The average molecular weight is 453 g/mol. The average Bonchev–Trinajstić information content (AvgIpc) is 2.73. The Bertz CT molecular complexity index is 834. The van der Waals surface area contributed by atoms with Crippen LogP contribution in [0.1, 0.15) is 63.9 Å². The number of carbonyl (C=O) groups excluding carboxylic acids is 1. The van der Waals surface area contributed by atoms with Crippen molar-refractivity contribution in [1.29, 1.82) is 0 Å². The second kappa shape index (κ2) is 10.4. The van der Waals surface area contributed by atoms with Crippen molar-refractivity contribution < 1.29 is 22.7 Å². The van der Waals surface area contributed by atoms with Gasteiger partial charge in [-0.15, -0.1) is 0 Å². The van der Waals surface area contributed by atoms with E-state index in [-0.39, 0.29) is 18.2 Å². The maximum atomic E-state index is 11.6. The molecule has 0 spiro atoms. The van der Waals surface area contributed by atoms with E-state index in [9.17, 15) is 13.2 Å². The fourth-order valence-corrected chi connectivity index (χ4v) is 5.37. The number of para-hydroxylation sites is 1. The number of ether oxygens (including phenoxy) is 2. The van der Waals surface area contributed by atoms with Crippen LogP contribution in [0.3, 0.4) is 0 Å². The van der Waals surface area contributed by atoms with E-state index in [4.69, 9.17) is 9.47 Å². The van der Waals surface area contributed by atoms with Crippen molar-refractivity contribution in [2.75, 3.05) is 19.4 Å². The van der Waals surface area contributed by atoms with Gasteiger partial charge in [-0.1, -0.05) is 18.2 Å². The van der Waals surface area contributed by atoms with E-state index in [1.807, 2.05) is 18.2 Å². The minimum absolute atomic E-state index is 0.000831. The lowest BCUT2D eigenvalue weighted by atomic mass is 9.82. The zero-order valence-electron chi connectivity index (χ0n) is 18.8.